The molecule has 0 aliphatic heterocycles. The molecule has 2 N–H and O–H groups in total. The summed E-state index contributed by atoms with van der Waals surface area (Å²) in [5.41, 5.74) is 3.04. The average molecular weight is 322 g/mol. The highest BCUT2D eigenvalue weighted by Crippen LogP contribution is 2.22. The first-order valence-corrected chi connectivity index (χ1v) is 8.14. The Kier molecular flexibility index (Phi) is 4.65. The van der Waals surface area contributed by atoms with Crippen LogP contribution in [-0.4, -0.2) is 31.0 Å². The second-order valence-electron chi connectivity index (χ2n) is 6.25. The Balaban J connectivity index is 2.11. The maximum Gasteiger partial charge on any atom is 0.266 e. The van der Waals surface area contributed by atoms with Gasteiger partial charge in [0.05, 0.1) is 5.75 Å². The van der Waals surface area contributed by atoms with Crippen molar-refractivity contribution in [3.8, 4) is 0 Å². The standard InChI is InChI=1S/C15H22N4O2S/c1-9-11(7-16-14(21)8-22-15(3,4)5)10(2)19-12(17-9)6-13(20)18-19/h6H,7-8H2,1-5H3,(H,16,21)(H,18,20). The van der Waals surface area contributed by atoms with Crippen LogP contribution < -0.4 is 10.9 Å². The third-order valence-corrected chi connectivity index (χ3v) is 4.57. The fourth-order valence-corrected chi connectivity index (χ4v) is 2.80. The molecule has 0 atom stereocenters. The number of H-pyrrole nitrogens is 1. The average Bonchev–Trinajstić information content (AvgIpc) is 2.76. The normalized spacial score (nSPS) is 11.9. The highest BCUT2D eigenvalue weighted by atomic mass is 32.2. The zero-order chi connectivity index (χ0) is 16.5. The van der Waals surface area contributed by atoms with Crippen LogP contribution in [0, 0.1) is 13.8 Å². The van der Waals surface area contributed by atoms with E-state index in [2.05, 4.69) is 36.2 Å². The number of aryl methyl sites for hydroxylation is 2. The van der Waals surface area contributed by atoms with Crippen molar-refractivity contribution in [2.75, 3.05) is 5.75 Å². The summed E-state index contributed by atoms with van der Waals surface area (Å²) in [5.74, 6) is 0.428. The van der Waals surface area contributed by atoms with Crippen LogP contribution in [0.5, 0.6) is 0 Å². The number of hydrogen-bond donors (Lipinski definition) is 2. The lowest BCUT2D eigenvalue weighted by Gasteiger charge is -2.17. The zero-order valence-electron chi connectivity index (χ0n) is 13.6. The molecule has 120 valence electrons. The first-order chi connectivity index (χ1) is 10.2. The Morgan fingerprint density at radius 1 is 1.41 bits per heavy atom. The monoisotopic (exact) mass is 322 g/mol. The van der Waals surface area contributed by atoms with Crippen LogP contribution in [0.1, 0.15) is 37.7 Å². The Bertz CT molecular complexity index is 755. The van der Waals surface area contributed by atoms with Gasteiger partial charge >= 0.3 is 0 Å². The number of aromatic nitrogens is 3. The number of rotatable bonds is 4. The maximum absolute atomic E-state index is 11.9. The molecule has 0 spiro atoms. The number of thioether (sulfide) groups is 1. The van der Waals surface area contributed by atoms with Crippen molar-refractivity contribution in [3.05, 3.63) is 33.4 Å². The third-order valence-electron chi connectivity index (χ3n) is 3.30. The van der Waals surface area contributed by atoms with E-state index in [0.29, 0.717) is 17.9 Å². The molecule has 1 amide bonds. The summed E-state index contributed by atoms with van der Waals surface area (Å²) in [5, 5.41) is 5.63. The first-order valence-electron chi connectivity index (χ1n) is 7.16. The second kappa shape index (κ2) is 6.16. The van der Waals surface area contributed by atoms with Gasteiger partial charge in [-0.25, -0.2) is 9.50 Å². The number of carbonyl (C=O) groups is 1. The lowest BCUT2D eigenvalue weighted by atomic mass is 10.1. The topological polar surface area (TPSA) is 79.3 Å². The number of nitrogens with one attached hydrogen (secondary N) is 2. The molecule has 0 aromatic carbocycles. The van der Waals surface area contributed by atoms with Gasteiger partial charge in [-0.15, -0.1) is 11.8 Å². The Labute approximate surface area is 133 Å². The van der Waals surface area contributed by atoms with Crippen molar-refractivity contribution in [1.29, 1.82) is 0 Å². The number of aromatic amines is 1. The SMILES string of the molecule is Cc1nc2cc(=O)[nH]n2c(C)c1CNC(=O)CSC(C)(C)C. The van der Waals surface area contributed by atoms with Crippen LogP contribution in [0.3, 0.4) is 0 Å². The highest BCUT2D eigenvalue weighted by Gasteiger charge is 2.15. The third kappa shape index (κ3) is 3.91. The molecule has 0 saturated heterocycles. The minimum absolute atomic E-state index is 0.000165. The smallest absolute Gasteiger partial charge is 0.266 e. The van der Waals surface area contributed by atoms with E-state index >= 15 is 0 Å². The van der Waals surface area contributed by atoms with Gasteiger partial charge in [0.2, 0.25) is 5.91 Å². The van der Waals surface area contributed by atoms with E-state index in [-0.39, 0.29) is 16.2 Å². The predicted molar refractivity (Wildman–Crippen MR) is 89.3 cm³/mol. The number of carbonyl (C=O) groups excluding carboxylic acids is 1. The molecule has 22 heavy (non-hydrogen) atoms. The van der Waals surface area contributed by atoms with Gasteiger partial charge in [0, 0.05) is 34.3 Å². The molecule has 0 fully saturated rings. The minimum atomic E-state index is -0.183. The van der Waals surface area contributed by atoms with Gasteiger partial charge in [-0.05, 0) is 13.8 Å². The van der Waals surface area contributed by atoms with Gasteiger partial charge in [-0.1, -0.05) is 20.8 Å². The first kappa shape index (κ1) is 16.6. The van der Waals surface area contributed by atoms with E-state index in [4.69, 9.17) is 0 Å². The molecule has 7 heteroatoms. The summed E-state index contributed by atoms with van der Waals surface area (Å²) in [6.45, 7) is 10.4. The quantitative estimate of drug-likeness (QED) is 0.899. The zero-order valence-corrected chi connectivity index (χ0v) is 14.4. The van der Waals surface area contributed by atoms with Gasteiger partial charge in [0.1, 0.15) is 0 Å². The van der Waals surface area contributed by atoms with Gasteiger partial charge in [-0.2, -0.15) is 0 Å². The predicted octanol–water partition coefficient (Wildman–Crippen LogP) is 1.79. The van der Waals surface area contributed by atoms with Crippen molar-refractivity contribution >= 4 is 23.3 Å². The number of fused-ring (bicyclic) bond motifs is 1. The fourth-order valence-electron chi connectivity index (χ4n) is 2.13. The molecule has 0 unspecified atom stereocenters. The summed E-state index contributed by atoms with van der Waals surface area (Å²) in [6, 6.07) is 1.46. The molecule has 0 aliphatic carbocycles. The van der Waals surface area contributed by atoms with E-state index in [9.17, 15) is 9.59 Å². The Morgan fingerprint density at radius 2 is 2.09 bits per heavy atom. The van der Waals surface area contributed by atoms with Crippen molar-refractivity contribution in [2.24, 2.45) is 0 Å². The Hall–Kier alpha value is -1.76. The van der Waals surface area contributed by atoms with Crippen LogP contribution in [0.15, 0.2) is 10.9 Å². The summed E-state index contributed by atoms with van der Waals surface area (Å²) in [4.78, 5) is 27.8. The fraction of sp³-hybridized carbons (Fsp3) is 0.533. The lowest BCUT2D eigenvalue weighted by molar-refractivity contribution is -0.118. The number of hydrogen-bond acceptors (Lipinski definition) is 4. The molecule has 0 bridgehead atoms. The lowest BCUT2D eigenvalue weighted by Crippen LogP contribution is -2.27. The maximum atomic E-state index is 11.9. The molecular weight excluding hydrogens is 300 g/mol. The van der Waals surface area contributed by atoms with E-state index in [1.165, 1.54) is 6.07 Å². The van der Waals surface area contributed by atoms with E-state index in [1.807, 2.05) is 13.8 Å². The molecule has 2 aromatic rings. The van der Waals surface area contributed by atoms with Gasteiger partial charge in [0.25, 0.3) is 5.56 Å². The van der Waals surface area contributed by atoms with Crippen molar-refractivity contribution in [2.45, 2.75) is 45.9 Å². The van der Waals surface area contributed by atoms with Crippen molar-refractivity contribution in [3.63, 3.8) is 0 Å². The molecule has 2 aromatic heterocycles. The van der Waals surface area contributed by atoms with Crippen LogP contribution in [0.2, 0.25) is 0 Å². The minimum Gasteiger partial charge on any atom is -0.351 e. The molecule has 2 rings (SSSR count). The molecular formula is C15H22N4O2S. The van der Waals surface area contributed by atoms with Crippen LogP contribution >= 0.6 is 11.8 Å². The molecule has 0 radical (unpaired) electrons. The summed E-state index contributed by atoms with van der Waals surface area (Å²) >= 11 is 1.61. The summed E-state index contributed by atoms with van der Waals surface area (Å²) in [6.07, 6.45) is 0. The van der Waals surface area contributed by atoms with Crippen LogP contribution in [0.25, 0.3) is 5.65 Å². The van der Waals surface area contributed by atoms with Gasteiger partial charge in [-0.3, -0.25) is 14.7 Å². The molecule has 2 heterocycles. The number of nitrogens with zero attached hydrogens (tertiary/aromatic N) is 2. The van der Waals surface area contributed by atoms with E-state index < -0.39 is 0 Å². The largest absolute Gasteiger partial charge is 0.351 e. The van der Waals surface area contributed by atoms with E-state index in [1.54, 1.807) is 16.3 Å². The summed E-state index contributed by atoms with van der Waals surface area (Å²) < 4.78 is 1.72. The summed E-state index contributed by atoms with van der Waals surface area (Å²) in [7, 11) is 0. The molecule has 6 nitrogen and oxygen atoms in total. The second-order valence-corrected chi connectivity index (χ2v) is 8.06. The van der Waals surface area contributed by atoms with Crippen LogP contribution in [0.4, 0.5) is 0 Å². The van der Waals surface area contributed by atoms with Crippen LogP contribution in [-0.2, 0) is 11.3 Å². The number of amides is 1. The van der Waals surface area contributed by atoms with Gasteiger partial charge < -0.3 is 5.32 Å². The molecule has 0 aliphatic rings. The van der Waals surface area contributed by atoms with Crippen molar-refractivity contribution in [1.82, 2.24) is 19.9 Å². The highest BCUT2D eigenvalue weighted by molar-refractivity contribution is 8.01. The van der Waals surface area contributed by atoms with Crippen molar-refractivity contribution < 1.29 is 4.79 Å². The molecule has 0 saturated carbocycles. The van der Waals surface area contributed by atoms with E-state index in [0.717, 1.165) is 17.0 Å². The Morgan fingerprint density at radius 3 is 2.73 bits per heavy atom. The van der Waals surface area contributed by atoms with Gasteiger partial charge in [0.15, 0.2) is 5.65 Å².